The Kier molecular flexibility index (Phi) is 13.6. The number of likely N-dealkylation sites (N-methyl/N-ethyl adjacent to an activating group) is 1. The molecule has 294 valence electrons. The lowest BCUT2D eigenvalue weighted by Crippen LogP contribution is -2.42. The van der Waals surface area contributed by atoms with E-state index in [1.54, 1.807) is 35.9 Å². The van der Waals surface area contributed by atoms with Gasteiger partial charge in [-0.05, 0) is 73.9 Å². The maximum atomic E-state index is 13.1. The molecule has 1 atom stereocenters. The predicted octanol–water partition coefficient (Wildman–Crippen LogP) is 6.27. The van der Waals surface area contributed by atoms with E-state index in [2.05, 4.69) is 21.7 Å². The standard InChI is InChI=1S/C41H47ClN8O5S/c1-25-26(2)56-41-38(25)39(28-5-9-32(42)10-6-28)48-33(40(44)50(41)27(3)43)23-36(51)46-14-16-54-18-20-55-19-17-53-15-13-45-35-12-8-30(24-47-35)29-7-11-34-31(21-29)22-37(52)49(34)4/h5-12,21,24,33,43-44H,13-20,22-23H2,1-4H3,(H,45,47)(H,46,51)/t33-/m0/s1. The van der Waals surface area contributed by atoms with Gasteiger partial charge in [0.2, 0.25) is 11.8 Å². The van der Waals surface area contributed by atoms with Crippen molar-refractivity contribution in [2.45, 2.75) is 39.7 Å². The Balaban J connectivity index is 0.853. The number of carbonyl (C=O) groups is 2. The van der Waals surface area contributed by atoms with Crippen LogP contribution in [0.2, 0.25) is 5.02 Å². The molecular weight excluding hydrogens is 752 g/mol. The molecule has 4 heterocycles. The minimum Gasteiger partial charge on any atom is -0.377 e. The summed E-state index contributed by atoms with van der Waals surface area (Å²) in [6.45, 7) is 9.02. The number of nitrogens with zero attached hydrogens (tertiary/aromatic N) is 4. The summed E-state index contributed by atoms with van der Waals surface area (Å²) in [4.78, 5) is 38.9. The summed E-state index contributed by atoms with van der Waals surface area (Å²) >= 11 is 7.70. The van der Waals surface area contributed by atoms with Gasteiger partial charge < -0.3 is 29.7 Å². The molecule has 2 aliphatic heterocycles. The Morgan fingerprint density at radius 1 is 0.946 bits per heavy atom. The zero-order chi connectivity index (χ0) is 39.8. The van der Waals surface area contributed by atoms with Crippen molar-refractivity contribution in [3.63, 3.8) is 0 Å². The lowest BCUT2D eigenvalue weighted by atomic mass is 9.99. The fourth-order valence-electron chi connectivity index (χ4n) is 6.51. The number of halogens is 1. The number of amides is 2. The second-order valence-electron chi connectivity index (χ2n) is 13.5. The molecule has 0 saturated carbocycles. The van der Waals surface area contributed by atoms with Crippen LogP contribution in [0.15, 0.2) is 65.8 Å². The van der Waals surface area contributed by atoms with Crippen LogP contribution in [-0.4, -0.2) is 100 Å². The summed E-state index contributed by atoms with van der Waals surface area (Å²) in [5, 5.41) is 25.0. The van der Waals surface area contributed by atoms with Gasteiger partial charge in [-0.25, -0.2) is 4.98 Å². The predicted molar refractivity (Wildman–Crippen MR) is 224 cm³/mol. The molecule has 0 radical (unpaired) electrons. The summed E-state index contributed by atoms with van der Waals surface area (Å²) in [5.41, 5.74) is 7.42. The minimum absolute atomic E-state index is 0.0488. The van der Waals surface area contributed by atoms with E-state index >= 15 is 0 Å². The maximum absolute atomic E-state index is 13.1. The number of benzene rings is 2. The van der Waals surface area contributed by atoms with E-state index < -0.39 is 6.04 Å². The zero-order valence-corrected chi connectivity index (χ0v) is 33.6. The van der Waals surface area contributed by atoms with Crippen LogP contribution in [0.25, 0.3) is 11.1 Å². The van der Waals surface area contributed by atoms with Crippen molar-refractivity contribution in [3.8, 4) is 11.1 Å². The van der Waals surface area contributed by atoms with Crippen LogP contribution in [-0.2, 0) is 30.2 Å². The van der Waals surface area contributed by atoms with Crippen molar-refractivity contribution in [2.75, 3.05) is 74.9 Å². The first-order chi connectivity index (χ1) is 27.0. The van der Waals surface area contributed by atoms with Crippen molar-refractivity contribution < 1.29 is 23.8 Å². The van der Waals surface area contributed by atoms with Crippen LogP contribution < -0.4 is 20.4 Å². The van der Waals surface area contributed by atoms with E-state index in [0.717, 1.165) is 54.8 Å². The molecule has 0 unspecified atom stereocenters. The van der Waals surface area contributed by atoms with Crippen molar-refractivity contribution in [1.29, 1.82) is 10.8 Å². The monoisotopic (exact) mass is 798 g/mol. The average Bonchev–Trinajstić information content (AvgIpc) is 3.59. The number of hydrogen-bond donors (Lipinski definition) is 4. The Morgan fingerprint density at radius 3 is 2.29 bits per heavy atom. The molecule has 2 aliphatic rings. The molecule has 6 rings (SSSR count). The van der Waals surface area contributed by atoms with Gasteiger partial charge in [0.15, 0.2) is 0 Å². The maximum Gasteiger partial charge on any atom is 0.231 e. The quantitative estimate of drug-likeness (QED) is 0.0552. The van der Waals surface area contributed by atoms with Gasteiger partial charge in [0, 0.05) is 58.6 Å². The fourth-order valence-corrected chi connectivity index (χ4v) is 7.86. The van der Waals surface area contributed by atoms with Crippen molar-refractivity contribution in [3.05, 3.63) is 92.9 Å². The molecule has 0 spiro atoms. The van der Waals surface area contributed by atoms with Gasteiger partial charge in [0.25, 0.3) is 0 Å². The number of thiophene rings is 1. The van der Waals surface area contributed by atoms with Crippen LogP contribution in [0.3, 0.4) is 0 Å². The molecular formula is C41H47ClN8O5S. The van der Waals surface area contributed by atoms with Crippen LogP contribution in [0.1, 0.15) is 40.5 Å². The number of ether oxygens (including phenoxy) is 3. The van der Waals surface area contributed by atoms with Gasteiger partial charge in [0.05, 0.1) is 58.2 Å². The van der Waals surface area contributed by atoms with Crippen LogP contribution >= 0.6 is 22.9 Å². The molecule has 2 amide bonds. The van der Waals surface area contributed by atoms with Gasteiger partial charge in [-0.3, -0.25) is 30.3 Å². The smallest absolute Gasteiger partial charge is 0.231 e. The molecule has 0 aliphatic carbocycles. The van der Waals surface area contributed by atoms with Gasteiger partial charge in [-0.1, -0.05) is 29.8 Å². The fraction of sp³-hybridized carbons (Fsp3) is 0.366. The SMILES string of the molecule is CC(=N)N1C(=N)[C@H](CC(=O)NCCOCCOCCOCCNc2ccc(-c3ccc4c(c3)CC(=O)N4C)cn2)N=C(c2ccc(Cl)cc2)c2c1sc(C)c2C. The summed E-state index contributed by atoms with van der Waals surface area (Å²) in [6, 6.07) is 16.6. The number of amidine groups is 2. The van der Waals surface area contributed by atoms with Gasteiger partial charge in [0.1, 0.15) is 28.5 Å². The van der Waals surface area contributed by atoms with Crippen LogP contribution in [0.4, 0.5) is 16.5 Å². The lowest BCUT2D eigenvalue weighted by molar-refractivity contribution is -0.121. The highest BCUT2D eigenvalue weighted by molar-refractivity contribution is 7.17. The molecule has 4 aromatic rings. The number of aliphatic imine (C=N–C) groups is 1. The van der Waals surface area contributed by atoms with Crippen molar-refractivity contribution >= 4 is 68.6 Å². The number of hydrogen-bond acceptors (Lipinski definition) is 11. The molecule has 0 bridgehead atoms. The van der Waals surface area contributed by atoms with E-state index in [1.807, 2.05) is 56.4 Å². The van der Waals surface area contributed by atoms with E-state index in [-0.39, 0.29) is 29.9 Å². The minimum atomic E-state index is -0.796. The molecule has 13 nitrogen and oxygen atoms in total. The zero-order valence-electron chi connectivity index (χ0n) is 32.0. The van der Waals surface area contributed by atoms with Crippen LogP contribution in [0.5, 0.6) is 0 Å². The number of aromatic nitrogens is 1. The number of carbonyl (C=O) groups excluding carboxylic acids is 2. The number of anilines is 3. The summed E-state index contributed by atoms with van der Waals surface area (Å²) in [6.07, 6.45) is 2.20. The molecule has 0 saturated heterocycles. The second-order valence-corrected chi connectivity index (χ2v) is 15.1. The third kappa shape index (κ3) is 9.68. The number of pyridine rings is 1. The van der Waals surface area contributed by atoms with Crippen molar-refractivity contribution in [1.82, 2.24) is 10.3 Å². The largest absolute Gasteiger partial charge is 0.377 e. The highest BCUT2D eigenvalue weighted by Crippen LogP contribution is 2.40. The van der Waals surface area contributed by atoms with E-state index in [9.17, 15) is 9.59 Å². The first kappa shape index (κ1) is 40.7. The second kappa shape index (κ2) is 18.8. The molecule has 0 fully saturated rings. The van der Waals surface area contributed by atoms with Gasteiger partial charge >= 0.3 is 0 Å². The number of rotatable bonds is 17. The molecule has 2 aromatic heterocycles. The summed E-state index contributed by atoms with van der Waals surface area (Å²) in [7, 11) is 1.80. The number of fused-ring (bicyclic) bond motifs is 2. The third-order valence-corrected chi connectivity index (χ3v) is 11.0. The Bertz CT molecular complexity index is 2100. The summed E-state index contributed by atoms with van der Waals surface area (Å²) in [5.74, 6) is 0.868. The third-order valence-electron chi connectivity index (χ3n) is 9.60. The van der Waals surface area contributed by atoms with Gasteiger partial charge in [-0.2, -0.15) is 0 Å². The Labute approximate surface area is 336 Å². The highest BCUT2D eigenvalue weighted by Gasteiger charge is 2.35. The van der Waals surface area contributed by atoms with Crippen LogP contribution in [0, 0.1) is 24.7 Å². The van der Waals surface area contributed by atoms with Gasteiger partial charge in [-0.15, -0.1) is 11.3 Å². The number of nitrogens with one attached hydrogen (secondary N) is 4. The topological polar surface area (TPSA) is 165 Å². The average molecular weight is 799 g/mol. The molecule has 56 heavy (non-hydrogen) atoms. The lowest BCUT2D eigenvalue weighted by Gasteiger charge is -2.24. The Morgan fingerprint density at radius 2 is 1.61 bits per heavy atom. The number of aryl methyl sites for hydroxylation is 1. The molecule has 4 N–H and O–H groups in total. The molecule has 15 heteroatoms. The normalized spacial score (nSPS) is 15.0. The summed E-state index contributed by atoms with van der Waals surface area (Å²) < 4.78 is 16.9. The van der Waals surface area contributed by atoms with E-state index in [0.29, 0.717) is 69.9 Å². The van der Waals surface area contributed by atoms with E-state index in [4.69, 9.17) is 41.6 Å². The Hall–Kier alpha value is -4.99. The first-order valence-electron chi connectivity index (χ1n) is 18.5. The molecule has 2 aromatic carbocycles. The van der Waals surface area contributed by atoms with E-state index in [1.165, 1.54) is 11.3 Å². The highest BCUT2D eigenvalue weighted by atomic mass is 35.5. The first-order valence-corrected chi connectivity index (χ1v) is 19.7. The van der Waals surface area contributed by atoms with Crippen molar-refractivity contribution in [2.24, 2.45) is 4.99 Å².